The summed E-state index contributed by atoms with van der Waals surface area (Å²) in [4.78, 5) is 16.4. The van der Waals surface area contributed by atoms with Crippen LogP contribution in [-0.2, 0) is 11.3 Å². The molecule has 7 heteroatoms. The van der Waals surface area contributed by atoms with Crippen molar-refractivity contribution >= 4 is 11.9 Å². The highest BCUT2D eigenvalue weighted by atomic mass is 16.5. The number of nitrogens with zero attached hydrogens (tertiary/aromatic N) is 1. The molecule has 30 heavy (non-hydrogen) atoms. The summed E-state index contributed by atoms with van der Waals surface area (Å²) >= 11 is 0. The second kappa shape index (κ2) is 12.4. The highest BCUT2D eigenvalue weighted by Crippen LogP contribution is 2.19. The maximum absolute atomic E-state index is 11.8. The van der Waals surface area contributed by atoms with Crippen molar-refractivity contribution in [3.63, 3.8) is 0 Å². The van der Waals surface area contributed by atoms with Crippen LogP contribution in [0.1, 0.15) is 64.9 Å². The lowest BCUT2D eigenvalue weighted by Gasteiger charge is -2.28. The van der Waals surface area contributed by atoms with Crippen LogP contribution in [0.15, 0.2) is 29.3 Å². The van der Waals surface area contributed by atoms with Crippen LogP contribution in [0.5, 0.6) is 5.75 Å². The average Bonchev–Trinajstić information content (AvgIpc) is 3.53. The first-order valence-electron chi connectivity index (χ1n) is 11.2. The van der Waals surface area contributed by atoms with E-state index in [4.69, 9.17) is 4.74 Å². The minimum Gasteiger partial charge on any atom is -0.484 e. The molecule has 0 atom stereocenters. The van der Waals surface area contributed by atoms with Gasteiger partial charge in [0.2, 0.25) is 0 Å². The van der Waals surface area contributed by atoms with Gasteiger partial charge in [-0.3, -0.25) is 4.79 Å². The van der Waals surface area contributed by atoms with Crippen LogP contribution >= 0.6 is 0 Å². The molecule has 0 heterocycles. The molecule has 2 rings (SSSR count). The highest BCUT2D eigenvalue weighted by Gasteiger charge is 2.25. The predicted octanol–water partition coefficient (Wildman–Crippen LogP) is 2.73. The maximum atomic E-state index is 11.8. The van der Waals surface area contributed by atoms with Crippen LogP contribution in [-0.4, -0.2) is 48.3 Å². The first kappa shape index (κ1) is 24.0. The van der Waals surface area contributed by atoms with E-state index in [0.29, 0.717) is 30.8 Å². The molecule has 0 saturated heterocycles. The Labute approximate surface area is 180 Å². The SMILES string of the molecule is CCCC(O)(CCC)CNC(=NCc1cccc(OCC(=O)NC2CC2)c1)NCC. The van der Waals surface area contributed by atoms with Gasteiger partial charge in [0.25, 0.3) is 5.91 Å². The zero-order valence-corrected chi connectivity index (χ0v) is 18.7. The van der Waals surface area contributed by atoms with Crippen molar-refractivity contribution in [2.45, 2.75) is 77.5 Å². The average molecular weight is 419 g/mol. The quantitative estimate of drug-likeness (QED) is 0.292. The second-order valence-electron chi connectivity index (χ2n) is 8.05. The molecule has 168 valence electrons. The number of amides is 1. The molecular weight excluding hydrogens is 380 g/mol. The van der Waals surface area contributed by atoms with E-state index in [2.05, 4.69) is 34.8 Å². The van der Waals surface area contributed by atoms with E-state index in [1.165, 1.54) is 0 Å². The fourth-order valence-electron chi connectivity index (χ4n) is 3.37. The van der Waals surface area contributed by atoms with Crippen molar-refractivity contribution in [2.75, 3.05) is 19.7 Å². The van der Waals surface area contributed by atoms with Crippen molar-refractivity contribution < 1.29 is 14.6 Å². The van der Waals surface area contributed by atoms with E-state index < -0.39 is 5.60 Å². The topological polar surface area (TPSA) is 95.0 Å². The summed E-state index contributed by atoms with van der Waals surface area (Å²) in [5.41, 5.74) is 0.277. The highest BCUT2D eigenvalue weighted by molar-refractivity contribution is 5.80. The number of nitrogens with one attached hydrogen (secondary N) is 3. The Kier molecular flexibility index (Phi) is 9.94. The van der Waals surface area contributed by atoms with E-state index in [1.54, 1.807) is 0 Å². The summed E-state index contributed by atoms with van der Waals surface area (Å²) in [5.74, 6) is 1.26. The fourth-order valence-corrected chi connectivity index (χ4v) is 3.37. The summed E-state index contributed by atoms with van der Waals surface area (Å²) in [6.45, 7) is 7.91. The summed E-state index contributed by atoms with van der Waals surface area (Å²) in [6.07, 6.45) is 5.54. The van der Waals surface area contributed by atoms with Crippen LogP contribution < -0.4 is 20.7 Å². The molecule has 0 aromatic heterocycles. The monoisotopic (exact) mass is 418 g/mol. The fraction of sp³-hybridized carbons (Fsp3) is 0.652. The van der Waals surface area contributed by atoms with Crippen molar-refractivity contribution in [1.29, 1.82) is 0 Å². The number of ether oxygens (including phenoxy) is 1. The summed E-state index contributed by atoms with van der Waals surface area (Å²) in [5, 5.41) is 20.2. The van der Waals surface area contributed by atoms with Gasteiger partial charge in [0.15, 0.2) is 12.6 Å². The zero-order valence-electron chi connectivity index (χ0n) is 18.7. The standard InChI is InChI=1S/C23H38N4O3/c1-4-12-23(29,13-5-2)17-26-22(24-6-3)25-15-18-8-7-9-20(14-18)30-16-21(28)27-19-10-11-19/h7-9,14,19,29H,4-6,10-13,15-17H2,1-3H3,(H,27,28)(H2,24,25,26). The number of rotatable bonds is 13. The summed E-state index contributed by atoms with van der Waals surface area (Å²) < 4.78 is 5.61. The maximum Gasteiger partial charge on any atom is 0.258 e. The van der Waals surface area contributed by atoms with E-state index in [0.717, 1.165) is 50.6 Å². The third kappa shape index (κ3) is 9.03. The van der Waals surface area contributed by atoms with Gasteiger partial charge in [-0.1, -0.05) is 38.8 Å². The molecule has 1 aliphatic carbocycles. The molecule has 0 spiro atoms. The molecule has 1 saturated carbocycles. The van der Waals surface area contributed by atoms with Gasteiger partial charge >= 0.3 is 0 Å². The zero-order chi connectivity index (χ0) is 21.8. The summed E-state index contributed by atoms with van der Waals surface area (Å²) in [6, 6.07) is 7.97. The van der Waals surface area contributed by atoms with Gasteiger partial charge in [0, 0.05) is 19.1 Å². The Balaban J connectivity index is 1.90. The molecule has 1 amide bonds. The third-order valence-electron chi connectivity index (χ3n) is 4.99. The van der Waals surface area contributed by atoms with Gasteiger partial charge in [-0.2, -0.15) is 0 Å². The van der Waals surface area contributed by atoms with Crippen LogP contribution in [0.25, 0.3) is 0 Å². The number of carbonyl (C=O) groups is 1. The van der Waals surface area contributed by atoms with E-state index >= 15 is 0 Å². The van der Waals surface area contributed by atoms with Gasteiger partial charge in [0.05, 0.1) is 12.1 Å². The van der Waals surface area contributed by atoms with Gasteiger partial charge in [0.1, 0.15) is 5.75 Å². The van der Waals surface area contributed by atoms with Gasteiger partial charge in [-0.15, -0.1) is 0 Å². The third-order valence-corrected chi connectivity index (χ3v) is 4.99. The van der Waals surface area contributed by atoms with E-state index in [9.17, 15) is 9.90 Å². The lowest BCUT2D eigenvalue weighted by molar-refractivity contribution is -0.123. The number of guanidine groups is 1. The van der Waals surface area contributed by atoms with Crippen molar-refractivity contribution in [3.8, 4) is 5.75 Å². The number of aliphatic imine (C=N–C) groups is 1. The first-order chi connectivity index (χ1) is 14.5. The normalized spacial score (nSPS) is 14.3. The van der Waals surface area contributed by atoms with Crippen molar-refractivity contribution in [2.24, 2.45) is 4.99 Å². The number of hydrogen-bond acceptors (Lipinski definition) is 4. The molecule has 1 aromatic rings. The molecule has 0 bridgehead atoms. The second-order valence-corrected chi connectivity index (χ2v) is 8.05. The van der Waals surface area contributed by atoms with E-state index in [-0.39, 0.29) is 12.5 Å². The number of aliphatic hydroxyl groups is 1. The Morgan fingerprint density at radius 2 is 1.93 bits per heavy atom. The Hall–Kier alpha value is -2.28. The minimum absolute atomic E-state index is 0.0286. The molecule has 7 nitrogen and oxygen atoms in total. The van der Waals surface area contributed by atoms with Gasteiger partial charge < -0.3 is 25.8 Å². The van der Waals surface area contributed by atoms with Crippen LogP contribution in [0, 0.1) is 0 Å². The smallest absolute Gasteiger partial charge is 0.258 e. The van der Waals surface area contributed by atoms with E-state index in [1.807, 2.05) is 31.2 Å². The van der Waals surface area contributed by atoms with Gasteiger partial charge in [-0.05, 0) is 50.3 Å². The lowest BCUT2D eigenvalue weighted by Crippen LogP contribution is -2.47. The molecule has 1 fully saturated rings. The molecule has 1 aromatic carbocycles. The number of benzene rings is 1. The van der Waals surface area contributed by atoms with Gasteiger partial charge in [-0.25, -0.2) is 4.99 Å². The molecule has 0 unspecified atom stereocenters. The molecule has 0 aliphatic heterocycles. The Bertz CT molecular complexity index is 683. The van der Waals surface area contributed by atoms with Crippen molar-refractivity contribution in [3.05, 3.63) is 29.8 Å². The first-order valence-corrected chi connectivity index (χ1v) is 11.2. The number of carbonyl (C=O) groups excluding carboxylic acids is 1. The van der Waals surface area contributed by atoms with Crippen LogP contribution in [0.4, 0.5) is 0 Å². The Morgan fingerprint density at radius 3 is 2.57 bits per heavy atom. The lowest BCUT2D eigenvalue weighted by atomic mass is 9.93. The van der Waals surface area contributed by atoms with Crippen LogP contribution in [0.2, 0.25) is 0 Å². The van der Waals surface area contributed by atoms with Crippen LogP contribution in [0.3, 0.4) is 0 Å². The molecule has 1 aliphatic rings. The molecule has 0 radical (unpaired) electrons. The molecular formula is C23H38N4O3. The largest absolute Gasteiger partial charge is 0.484 e. The minimum atomic E-state index is -0.714. The molecule has 4 N–H and O–H groups in total. The van der Waals surface area contributed by atoms with Crippen molar-refractivity contribution in [1.82, 2.24) is 16.0 Å². The Morgan fingerprint density at radius 1 is 1.20 bits per heavy atom. The summed E-state index contributed by atoms with van der Waals surface area (Å²) in [7, 11) is 0. The number of hydrogen-bond donors (Lipinski definition) is 4. The predicted molar refractivity (Wildman–Crippen MR) is 121 cm³/mol.